The molecule has 32 heavy (non-hydrogen) atoms. The number of phosphoric ester groups is 1. The van der Waals surface area contributed by atoms with Crippen molar-refractivity contribution in [2.75, 3.05) is 12.3 Å². The van der Waals surface area contributed by atoms with Gasteiger partial charge in [0.25, 0.3) is 0 Å². The molecule has 0 radical (unpaired) electrons. The van der Waals surface area contributed by atoms with Crippen LogP contribution < -0.4 is 5.73 Å². The molecule has 0 bridgehead atoms. The van der Waals surface area contributed by atoms with Gasteiger partial charge in [-0.15, -0.1) is 0 Å². The Hall–Kier alpha value is -1.39. The van der Waals surface area contributed by atoms with Crippen molar-refractivity contribution in [3.8, 4) is 0 Å². The maximum Gasteiger partial charge on any atom is 0.490 e. The van der Waals surface area contributed by atoms with Crippen molar-refractivity contribution in [1.82, 2.24) is 19.5 Å². The molecule has 3 unspecified atom stereocenters. The number of hydrogen-bond donors (Lipinski definition) is 6. The molecule has 1 saturated heterocycles. The third-order valence-electron chi connectivity index (χ3n) is 4.17. The number of phosphoric acid groups is 3. The van der Waals surface area contributed by atoms with Gasteiger partial charge >= 0.3 is 23.5 Å². The normalized spacial score (nSPS) is 30.3. The van der Waals surface area contributed by atoms with E-state index in [1.807, 2.05) is 0 Å². The van der Waals surface area contributed by atoms with Gasteiger partial charge in [0.2, 0.25) is 0 Å². The Morgan fingerprint density at radius 2 is 1.84 bits per heavy atom. The highest BCUT2D eigenvalue weighted by molar-refractivity contribution is 7.66. The van der Waals surface area contributed by atoms with E-state index < -0.39 is 54.2 Å². The van der Waals surface area contributed by atoms with Gasteiger partial charge in [-0.3, -0.25) is 9.09 Å². The number of ether oxygens (including phenoxy) is 1. The number of aromatic nitrogens is 4. The summed E-state index contributed by atoms with van der Waals surface area (Å²) in [5.41, 5.74) is 3.34. The van der Waals surface area contributed by atoms with E-state index in [9.17, 15) is 23.7 Å². The lowest BCUT2D eigenvalue weighted by molar-refractivity contribution is -0.0560. The Morgan fingerprint density at radius 3 is 2.47 bits per heavy atom. The highest BCUT2D eigenvalue weighted by Gasteiger charge is 2.56. The fourth-order valence-corrected chi connectivity index (χ4v) is 5.89. The summed E-state index contributed by atoms with van der Waals surface area (Å²) in [5.74, 6) is -0.00272. The molecule has 3 rings (SSSR count). The number of fused-ring (bicyclic) bond motifs is 1. The van der Waals surface area contributed by atoms with Crippen LogP contribution in [0.25, 0.3) is 11.2 Å². The predicted octanol–water partition coefficient (Wildman–Crippen LogP) is -0.262. The number of aliphatic hydroxyl groups excluding tert-OH is 1. The first-order valence-corrected chi connectivity index (χ1v) is 12.8. The van der Waals surface area contributed by atoms with Gasteiger partial charge < -0.3 is 35.2 Å². The Balaban J connectivity index is 1.74. The minimum Gasteiger partial charge on any atom is -0.387 e. The maximum absolute atomic E-state index is 15.3. The van der Waals surface area contributed by atoms with E-state index in [0.29, 0.717) is 0 Å². The third kappa shape index (κ3) is 5.39. The van der Waals surface area contributed by atoms with Crippen LogP contribution in [0.2, 0.25) is 0 Å². The zero-order valence-electron chi connectivity index (χ0n) is 15.8. The van der Waals surface area contributed by atoms with Crippen molar-refractivity contribution in [3.05, 3.63) is 12.7 Å². The number of hydrogen-bond acceptors (Lipinski definition) is 12. The maximum atomic E-state index is 15.3. The third-order valence-corrected chi connectivity index (χ3v) is 7.98. The number of imidazole rings is 1. The second-order valence-corrected chi connectivity index (χ2v) is 11.0. The highest BCUT2D eigenvalue weighted by Crippen LogP contribution is 2.66. The number of halogens is 1. The SMILES string of the molecule is C[C@@]1(F)[C@H](O)C(COP(=O)(O)OP(=O)(O)OP(=O)(O)O)O[C@H]1n1cnc2c(N)ncnc21. The quantitative estimate of drug-likeness (QED) is 0.243. The molecule has 0 aliphatic carbocycles. The summed E-state index contributed by atoms with van der Waals surface area (Å²) in [6.45, 7) is -0.0891. The van der Waals surface area contributed by atoms with Gasteiger partial charge in [-0.25, -0.2) is 33.0 Å². The minimum absolute atomic E-state index is 0.00272. The van der Waals surface area contributed by atoms with Crippen molar-refractivity contribution in [1.29, 1.82) is 0 Å². The van der Waals surface area contributed by atoms with Crippen molar-refractivity contribution < 1.29 is 60.6 Å². The summed E-state index contributed by atoms with van der Waals surface area (Å²) in [4.78, 5) is 47.3. The molecule has 1 fully saturated rings. The first-order valence-electron chi connectivity index (χ1n) is 8.26. The van der Waals surface area contributed by atoms with Gasteiger partial charge in [-0.05, 0) is 6.92 Å². The molecule has 2 aromatic heterocycles. The molecule has 1 aliphatic heterocycles. The van der Waals surface area contributed by atoms with Gasteiger partial charge in [0.1, 0.15) is 24.1 Å². The van der Waals surface area contributed by atoms with Crippen LogP contribution in [0, 0.1) is 0 Å². The number of aliphatic hydroxyl groups is 1. The second kappa shape index (κ2) is 8.43. The fraction of sp³-hybridized carbons (Fsp3) is 0.545. The highest BCUT2D eigenvalue weighted by atomic mass is 31.3. The van der Waals surface area contributed by atoms with Crippen LogP contribution in [0.5, 0.6) is 0 Å². The topological polar surface area (TPSA) is 259 Å². The Morgan fingerprint density at radius 1 is 1.19 bits per heavy atom. The summed E-state index contributed by atoms with van der Waals surface area (Å²) < 4.78 is 67.1. The molecule has 1 aliphatic rings. The summed E-state index contributed by atoms with van der Waals surface area (Å²) >= 11 is 0. The van der Waals surface area contributed by atoms with Gasteiger partial charge in [-0.2, -0.15) is 8.62 Å². The smallest absolute Gasteiger partial charge is 0.387 e. The van der Waals surface area contributed by atoms with E-state index >= 15 is 4.39 Å². The summed E-state index contributed by atoms with van der Waals surface area (Å²) in [5, 5.41) is 10.3. The number of nitrogens with zero attached hydrogens (tertiary/aromatic N) is 4. The molecule has 0 aromatic carbocycles. The number of rotatable bonds is 8. The van der Waals surface area contributed by atoms with Crippen LogP contribution in [0.15, 0.2) is 12.7 Å². The Labute approximate surface area is 177 Å². The van der Waals surface area contributed by atoms with E-state index in [1.54, 1.807) is 0 Å². The van der Waals surface area contributed by atoms with E-state index in [4.69, 9.17) is 25.2 Å². The van der Waals surface area contributed by atoms with Crippen molar-refractivity contribution in [2.45, 2.75) is 31.0 Å². The minimum atomic E-state index is -5.74. The van der Waals surface area contributed by atoms with Crippen molar-refractivity contribution in [2.24, 2.45) is 0 Å². The second-order valence-electron chi connectivity index (χ2n) is 6.59. The van der Waals surface area contributed by atoms with Crippen LogP contribution in [-0.4, -0.2) is 68.7 Å². The number of alkyl halides is 1. The zero-order chi connectivity index (χ0) is 24.1. The molecule has 7 N–H and O–H groups in total. The largest absolute Gasteiger partial charge is 0.490 e. The molecule has 6 atom stereocenters. The monoisotopic (exact) mass is 523 g/mol. The molecule has 2 aromatic rings. The van der Waals surface area contributed by atoms with Crippen LogP contribution in [0.1, 0.15) is 13.2 Å². The van der Waals surface area contributed by atoms with Gasteiger partial charge in [0, 0.05) is 0 Å². The van der Waals surface area contributed by atoms with Crippen LogP contribution in [-0.2, 0) is 31.6 Å². The average molecular weight is 523 g/mol. The van der Waals surface area contributed by atoms with E-state index in [-0.39, 0.29) is 17.0 Å². The van der Waals surface area contributed by atoms with Crippen molar-refractivity contribution >= 4 is 40.4 Å². The van der Waals surface area contributed by atoms with E-state index in [1.165, 1.54) is 0 Å². The molecule has 0 saturated carbocycles. The standard InChI is InChI=1S/C11H17FN5O12P3/c1-11(12)7(18)5(2-26-31(22,23)29-32(24,25)28-30(19,20)21)27-10(11)17-4-16-6-8(13)14-3-15-9(6)17/h3-5,7,10,18H,2H2,1H3,(H,22,23)(H,24,25)(H2,13,14,15)(H2,19,20,21)/t5?,7-,10-,11-/m1/s1. The first kappa shape index (κ1) is 25.2. The van der Waals surface area contributed by atoms with Gasteiger partial charge in [-0.1, -0.05) is 0 Å². The number of anilines is 1. The van der Waals surface area contributed by atoms with Crippen LogP contribution in [0.3, 0.4) is 0 Å². The predicted molar refractivity (Wildman–Crippen MR) is 99.0 cm³/mol. The zero-order valence-corrected chi connectivity index (χ0v) is 18.5. The number of nitrogen functional groups attached to an aromatic ring is 1. The Kier molecular flexibility index (Phi) is 6.65. The lowest BCUT2D eigenvalue weighted by atomic mass is 9.98. The molecular weight excluding hydrogens is 506 g/mol. The van der Waals surface area contributed by atoms with Gasteiger partial charge in [0.15, 0.2) is 23.4 Å². The molecule has 21 heteroatoms. The van der Waals surface area contributed by atoms with E-state index in [0.717, 1.165) is 24.1 Å². The molecule has 3 heterocycles. The summed E-state index contributed by atoms with van der Waals surface area (Å²) in [6.07, 6.45) is -2.92. The fourth-order valence-electron chi connectivity index (χ4n) is 2.86. The lowest BCUT2D eigenvalue weighted by Gasteiger charge is -2.24. The molecule has 180 valence electrons. The molecule has 0 spiro atoms. The molecule has 17 nitrogen and oxygen atoms in total. The van der Waals surface area contributed by atoms with Crippen LogP contribution in [0.4, 0.5) is 10.2 Å². The average Bonchev–Trinajstić information content (AvgIpc) is 3.11. The molecule has 0 amide bonds. The van der Waals surface area contributed by atoms with Crippen LogP contribution >= 0.6 is 23.5 Å². The van der Waals surface area contributed by atoms with Gasteiger partial charge in [0.05, 0.1) is 12.9 Å². The number of nitrogens with two attached hydrogens (primary N) is 1. The van der Waals surface area contributed by atoms with Crippen molar-refractivity contribution in [3.63, 3.8) is 0 Å². The van der Waals surface area contributed by atoms with E-state index in [2.05, 4.69) is 28.1 Å². The summed E-state index contributed by atoms with van der Waals surface area (Å²) in [7, 11) is -16.8. The Bertz CT molecular complexity index is 1150. The summed E-state index contributed by atoms with van der Waals surface area (Å²) in [6, 6.07) is 0. The lowest BCUT2D eigenvalue weighted by Crippen LogP contribution is -2.40. The molecular formula is C11H17FN5O12P3. The first-order chi connectivity index (χ1) is 14.5.